The van der Waals surface area contributed by atoms with Crippen LogP contribution in [0.25, 0.3) is 0 Å². The first-order valence-corrected chi connectivity index (χ1v) is 12.9. The van der Waals surface area contributed by atoms with Gasteiger partial charge in [-0.15, -0.1) is 33.2 Å². The molecule has 5 heteroatoms. The molecular weight excluding hydrogens is 343 g/mol. The van der Waals surface area contributed by atoms with Gasteiger partial charge in [0.1, 0.15) is 0 Å². The fraction of sp³-hybridized carbons (Fsp3) is 0.625. The van der Waals surface area contributed by atoms with Crippen molar-refractivity contribution in [3.8, 4) is 0 Å². The van der Waals surface area contributed by atoms with Crippen LogP contribution in [-0.2, 0) is 4.74 Å². The molecule has 1 aromatic carbocycles. The average Bonchev–Trinajstić information content (AvgIpc) is 2.44. The molecule has 1 aromatic rings. The highest BCUT2D eigenvalue weighted by molar-refractivity contribution is 7.64. The van der Waals surface area contributed by atoms with E-state index in [0.29, 0.717) is 18.1 Å². The van der Waals surface area contributed by atoms with Gasteiger partial charge in [-0.25, -0.2) is 0 Å². The van der Waals surface area contributed by atoms with Crippen LogP contribution >= 0.6 is 33.2 Å². The van der Waals surface area contributed by atoms with E-state index in [4.69, 9.17) is 38.0 Å². The molecule has 0 N–H and O–H groups in total. The van der Waals surface area contributed by atoms with Crippen LogP contribution < -0.4 is 0 Å². The maximum Gasteiger partial charge on any atom is 0.341 e. The number of hydrogen-bond acceptors (Lipinski definition) is 1. The van der Waals surface area contributed by atoms with Crippen LogP contribution in [0.4, 0.5) is 0 Å². The van der Waals surface area contributed by atoms with Crippen molar-refractivity contribution in [1.82, 2.24) is 0 Å². The zero-order valence-corrected chi connectivity index (χ0v) is 15.7. The third-order valence-corrected chi connectivity index (χ3v) is 6.80. The van der Waals surface area contributed by atoms with E-state index in [9.17, 15) is 0 Å². The summed E-state index contributed by atoms with van der Waals surface area (Å²) < 4.78 is 5.93. The zero-order chi connectivity index (χ0) is 15.3. The van der Waals surface area contributed by atoms with Gasteiger partial charge in [0.25, 0.3) is 0 Å². The Labute approximate surface area is 143 Å². The van der Waals surface area contributed by atoms with Crippen LogP contribution in [0.2, 0.25) is 6.04 Å². The third kappa shape index (κ3) is 6.50. The molecule has 0 aliphatic heterocycles. The second kappa shape index (κ2) is 8.21. The van der Waals surface area contributed by atoms with E-state index in [1.54, 1.807) is 0 Å². The zero-order valence-electron chi connectivity index (χ0n) is 12.5. The molecule has 1 aliphatic carbocycles. The van der Waals surface area contributed by atoms with Crippen molar-refractivity contribution in [2.75, 3.05) is 6.61 Å². The molecule has 0 aromatic heterocycles. The smallest absolute Gasteiger partial charge is 0.341 e. The molecular formula is C16H23Cl3OSi. The molecule has 0 radical (unpaired) electrons. The highest BCUT2D eigenvalue weighted by Gasteiger charge is 2.25. The topological polar surface area (TPSA) is 9.23 Å². The summed E-state index contributed by atoms with van der Waals surface area (Å²) in [6.45, 7) is 2.86. The molecule has 0 bridgehead atoms. The lowest BCUT2D eigenvalue weighted by atomic mass is 9.82. The van der Waals surface area contributed by atoms with Gasteiger partial charge in [0.15, 0.2) is 0 Å². The second-order valence-corrected chi connectivity index (χ2v) is 15.3. The van der Waals surface area contributed by atoms with Crippen molar-refractivity contribution in [2.24, 2.45) is 0 Å². The molecule has 1 aliphatic rings. The highest BCUT2D eigenvalue weighted by atomic mass is 35.8. The number of benzene rings is 1. The van der Waals surface area contributed by atoms with Gasteiger partial charge in [0, 0.05) is 6.61 Å². The lowest BCUT2D eigenvalue weighted by molar-refractivity contribution is 0.0251. The van der Waals surface area contributed by atoms with Crippen molar-refractivity contribution >= 4 is 39.2 Å². The Kier molecular flexibility index (Phi) is 6.89. The van der Waals surface area contributed by atoms with E-state index in [1.165, 1.54) is 24.0 Å². The van der Waals surface area contributed by atoms with Crippen LogP contribution in [0.3, 0.4) is 0 Å². The van der Waals surface area contributed by atoms with Crippen molar-refractivity contribution in [2.45, 2.75) is 57.1 Å². The van der Waals surface area contributed by atoms with Gasteiger partial charge in [0.2, 0.25) is 0 Å². The molecule has 1 nitrogen and oxygen atoms in total. The first-order chi connectivity index (χ1) is 9.94. The lowest BCUT2D eigenvalue weighted by Gasteiger charge is -2.29. The molecule has 0 amide bonds. The Morgan fingerprint density at radius 1 is 1.05 bits per heavy atom. The Balaban J connectivity index is 1.67. The minimum absolute atomic E-state index is 0.392. The largest absolute Gasteiger partial charge is 0.378 e. The molecule has 0 saturated heterocycles. The van der Waals surface area contributed by atoms with E-state index in [2.05, 4.69) is 31.2 Å². The highest BCUT2D eigenvalue weighted by Crippen LogP contribution is 2.34. The first kappa shape index (κ1) is 17.6. The molecule has 1 saturated carbocycles. The van der Waals surface area contributed by atoms with Gasteiger partial charge in [-0.3, -0.25) is 0 Å². The second-order valence-electron chi connectivity index (χ2n) is 5.97. The molecule has 118 valence electrons. The van der Waals surface area contributed by atoms with Crippen molar-refractivity contribution < 1.29 is 4.74 Å². The van der Waals surface area contributed by atoms with Gasteiger partial charge in [0.05, 0.1) is 6.10 Å². The predicted molar refractivity (Wildman–Crippen MR) is 94.9 cm³/mol. The minimum atomic E-state index is -2.47. The standard InChI is InChI=1S/C16H23Cl3OSi/c1-13-3-5-14(6-4-13)15-7-9-16(10-8-15)20-11-2-12-21(17,18)19/h3-6,15-16H,2,7-12H2,1H3. The Hall–Kier alpha value is 0.267. The number of halogens is 3. The Morgan fingerprint density at radius 3 is 2.24 bits per heavy atom. The summed E-state index contributed by atoms with van der Waals surface area (Å²) in [5.41, 5.74) is 2.80. The van der Waals surface area contributed by atoms with E-state index >= 15 is 0 Å². The molecule has 0 spiro atoms. The van der Waals surface area contributed by atoms with Gasteiger partial charge < -0.3 is 4.74 Å². The SMILES string of the molecule is Cc1ccc(C2CCC(OCCC[Si](Cl)(Cl)Cl)CC2)cc1. The first-order valence-electron chi connectivity index (χ1n) is 7.69. The van der Waals surface area contributed by atoms with E-state index in [1.807, 2.05) is 0 Å². The van der Waals surface area contributed by atoms with Gasteiger partial charge in [-0.05, 0) is 56.6 Å². The normalized spacial score (nSPS) is 23.2. The lowest BCUT2D eigenvalue weighted by Crippen LogP contribution is -2.22. The van der Waals surface area contributed by atoms with Crippen LogP contribution in [-0.4, -0.2) is 18.7 Å². The van der Waals surface area contributed by atoms with Crippen LogP contribution in [0.15, 0.2) is 24.3 Å². The quantitative estimate of drug-likeness (QED) is 0.337. The summed E-state index contributed by atoms with van der Waals surface area (Å²) in [4.78, 5) is 0. The maximum absolute atomic E-state index is 5.93. The fourth-order valence-electron chi connectivity index (χ4n) is 2.92. The van der Waals surface area contributed by atoms with Crippen LogP contribution in [0.1, 0.15) is 49.1 Å². The monoisotopic (exact) mass is 364 g/mol. The molecule has 0 atom stereocenters. The molecule has 1 fully saturated rings. The summed E-state index contributed by atoms with van der Waals surface area (Å²) in [7, 11) is 0. The summed E-state index contributed by atoms with van der Waals surface area (Å²) in [6, 6.07) is 7.18. The van der Waals surface area contributed by atoms with E-state index < -0.39 is 6.00 Å². The maximum atomic E-state index is 5.93. The minimum Gasteiger partial charge on any atom is -0.378 e. The van der Waals surface area contributed by atoms with Gasteiger partial charge in [-0.1, -0.05) is 29.8 Å². The van der Waals surface area contributed by atoms with Gasteiger partial charge >= 0.3 is 6.00 Å². The molecule has 2 rings (SSSR count). The summed E-state index contributed by atoms with van der Waals surface area (Å²) >= 11 is 17.6. The summed E-state index contributed by atoms with van der Waals surface area (Å²) in [6.07, 6.45) is 5.97. The van der Waals surface area contributed by atoms with Crippen molar-refractivity contribution in [3.05, 3.63) is 35.4 Å². The van der Waals surface area contributed by atoms with Crippen molar-refractivity contribution in [3.63, 3.8) is 0 Å². The Morgan fingerprint density at radius 2 is 1.67 bits per heavy atom. The predicted octanol–water partition coefficient (Wildman–Crippen LogP) is 6.08. The molecule has 21 heavy (non-hydrogen) atoms. The number of aryl methyl sites for hydroxylation is 1. The molecule has 0 heterocycles. The number of hydrogen-bond donors (Lipinski definition) is 0. The molecule has 0 unspecified atom stereocenters. The van der Waals surface area contributed by atoms with Crippen LogP contribution in [0, 0.1) is 6.92 Å². The summed E-state index contributed by atoms with van der Waals surface area (Å²) in [5.74, 6) is 0.694. The average molecular weight is 366 g/mol. The van der Waals surface area contributed by atoms with Gasteiger partial charge in [-0.2, -0.15) is 0 Å². The van der Waals surface area contributed by atoms with Crippen LogP contribution in [0.5, 0.6) is 0 Å². The van der Waals surface area contributed by atoms with E-state index in [-0.39, 0.29) is 0 Å². The summed E-state index contributed by atoms with van der Waals surface area (Å²) in [5, 5.41) is 0. The number of rotatable bonds is 6. The van der Waals surface area contributed by atoms with Crippen molar-refractivity contribution in [1.29, 1.82) is 0 Å². The van der Waals surface area contributed by atoms with E-state index in [0.717, 1.165) is 25.9 Å². The third-order valence-electron chi connectivity index (χ3n) is 4.18. The fourth-order valence-corrected chi connectivity index (χ4v) is 4.67. The number of ether oxygens (including phenoxy) is 1. The Bertz CT molecular complexity index is 422.